The SMILES string of the molecule is Cc1ccc(OCc2nnc(SCC#N)o2)cc1. The number of nitrogens with zero attached hydrogens (tertiary/aromatic N) is 3. The zero-order valence-corrected chi connectivity index (χ0v) is 10.6. The van der Waals surface area contributed by atoms with E-state index in [0.717, 1.165) is 5.75 Å². The first kappa shape index (κ1) is 12.5. The molecule has 0 spiro atoms. The fourth-order valence-electron chi connectivity index (χ4n) is 1.23. The van der Waals surface area contributed by atoms with Gasteiger partial charge in [-0.2, -0.15) is 5.26 Å². The molecule has 0 aliphatic carbocycles. The number of hydrogen-bond acceptors (Lipinski definition) is 6. The average molecular weight is 261 g/mol. The van der Waals surface area contributed by atoms with Gasteiger partial charge in [0.25, 0.3) is 11.1 Å². The highest BCUT2D eigenvalue weighted by molar-refractivity contribution is 7.99. The topological polar surface area (TPSA) is 71.9 Å². The zero-order chi connectivity index (χ0) is 12.8. The van der Waals surface area contributed by atoms with Crippen LogP contribution in [0.4, 0.5) is 0 Å². The van der Waals surface area contributed by atoms with Crippen molar-refractivity contribution in [1.82, 2.24) is 10.2 Å². The molecule has 2 rings (SSSR count). The average Bonchev–Trinajstić information content (AvgIpc) is 2.84. The van der Waals surface area contributed by atoms with Crippen LogP contribution in [0, 0.1) is 18.3 Å². The normalized spacial score (nSPS) is 10.0. The van der Waals surface area contributed by atoms with Gasteiger partial charge in [-0.25, -0.2) is 0 Å². The summed E-state index contributed by atoms with van der Waals surface area (Å²) < 4.78 is 10.8. The van der Waals surface area contributed by atoms with Gasteiger partial charge in [0.1, 0.15) is 5.75 Å². The van der Waals surface area contributed by atoms with Gasteiger partial charge in [0, 0.05) is 0 Å². The molecule has 1 heterocycles. The second kappa shape index (κ2) is 6.07. The number of benzene rings is 1. The highest BCUT2D eigenvalue weighted by Crippen LogP contribution is 2.17. The van der Waals surface area contributed by atoms with E-state index in [1.165, 1.54) is 17.3 Å². The van der Waals surface area contributed by atoms with Gasteiger partial charge in [-0.1, -0.05) is 29.5 Å². The number of thioether (sulfide) groups is 1. The van der Waals surface area contributed by atoms with Crippen molar-refractivity contribution in [2.24, 2.45) is 0 Å². The summed E-state index contributed by atoms with van der Waals surface area (Å²) in [6.07, 6.45) is 0. The Morgan fingerprint density at radius 3 is 2.83 bits per heavy atom. The predicted octanol–water partition coefficient (Wildman–Crippen LogP) is 2.57. The minimum atomic E-state index is 0.225. The van der Waals surface area contributed by atoms with E-state index >= 15 is 0 Å². The molecule has 0 bridgehead atoms. The highest BCUT2D eigenvalue weighted by Gasteiger charge is 2.06. The van der Waals surface area contributed by atoms with Crippen LogP contribution >= 0.6 is 11.8 Å². The van der Waals surface area contributed by atoms with Gasteiger partial charge in [0.15, 0.2) is 6.61 Å². The summed E-state index contributed by atoms with van der Waals surface area (Å²) in [5.74, 6) is 1.45. The summed E-state index contributed by atoms with van der Waals surface area (Å²) >= 11 is 1.21. The standard InChI is InChI=1S/C12H11N3O2S/c1-9-2-4-10(5-3-9)16-8-11-14-15-12(17-11)18-7-6-13/h2-5H,7-8H2,1H3. The number of hydrogen-bond donors (Lipinski definition) is 0. The Morgan fingerprint density at radius 2 is 2.11 bits per heavy atom. The summed E-state index contributed by atoms with van der Waals surface area (Å²) in [5, 5.41) is 16.4. The third-order valence-corrected chi connectivity index (χ3v) is 2.78. The van der Waals surface area contributed by atoms with Crippen LogP contribution in [-0.4, -0.2) is 16.0 Å². The lowest BCUT2D eigenvalue weighted by Crippen LogP contribution is -1.95. The molecule has 0 unspecified atom stereocenters. The molecular formula is C12H11N3O2S. The molecule has 6 heteroatoms. The first-order valence-electron chi connectivity index (χ1n) is 5.29. The summed E-state index contributed by atoms with van der Waals surface area (Å²) in [5.41, 5.74) is 1.18. The van der Waals surface area contributed by atoms with Crippen molar-refractivity contribution in [3.63, 3.8) is 0 Å². The smallest absolute Gasteiger partial charge is 0.277 e. The van der Waals surface area contributed by atoms with E-state index in [1.54, 1.807) is 0 Å². The van der Waals surface area contributed by atoms with E-state index in [2.05, 4.69) is 10.2 Å². The van der Waals surface area contributed by atoms with Crippen molar-refractivity contribution in [1.29, 1.82) is 5.26 Å². The van der Waals surface area contributed by atoms with Crippen LogP contribution in [0.5, 0.6) is 5.75 Å². The van der Waals surface area contributed by atoms with Gasteiger partial charge in [-0.3, -0.25) is 0 Å². The van der Waals surface area contributed by atoms with Crippen molar-refractivity contribution >= 4 is 11.8 Å². The summed E-state index contributed by atoms with van der Waals surface area (Å²) in [6.45, 7) is 2.24. The second-order valence-electron chi connectivity index (χ2n) is 3.51. The van der Waals surface area contributed by atoms with Crippen LogP contribution in [0.15, 0.2) is 33.9 Å². The van der Waals surface area contributed by atoms with Crippen molar-refractivity contribution in [2.45, 2.75) is 18.8 Å². The molecule has 0 aliphatic rings. The first-order chi connectivity index (χ1) is 8.78. The van der Waals surface area contributed by atoms with E-state index in [0.29, 0.717) is 16.9 Å². The monoisotopic (exact) mass is 261 g/mol. The Balaban J connectivity index is 1.88. The molecular weight excluding hydrogens is 250 g/mol. The van der Waals surface area contributed by atoms with E-state index in [-0.39, 0.29) is 6.61 Å². The Morgan fingerprint density at radius 1 is 1.33 bits per heavy atom. The minimum Gasteiger partial charge on any atom is -0.484 e. The van der Waals surface area contributed by atoms with Gasteiger partial charge < -0.3 is 9.15 Å². The van der Waals surface area contributed by atoms with Crippen LogP contribution in [0.25, 0.3) is 0 Å². The van der Waals surface area contributed by atoms with Crippen LogP contribution < -0.4 is 4.74 Å². The van der Waals surface area contributed by atoms with Gasteiger partial charge in [0.05, 0.1) is 11.8 Å². The summed E-state index contributed by atoms with van der Waals surface area (Å²) in [7, 11) is 0. The molecule has 0 saturated heterocycles. The number of ether oxygens (including phenoxy) is 1. The molecule has 0 radical (unpaired) electrons. The Labute approximate surface area is 109 Å². The maximum Gasteiger partial charge on any atom is 0.277 e. The number of aryl methyl sites for hydroxylation is 1. The lowest BCUT2D eigenvalue weighted by Gasteiger charge is -2.02. The molecule has 1 aromatic carbocycles. The molecule has 0 amide bonds. The van der Waals surface area contributed by atoms with Crippen molar-refractivity contribution < 1.29 is 9.15 Å². The molecule has 18 heavy (non-hydrogen) atoms. The van der Waals surface area contributed by atoms with E-state index in [4.69, 9.17) is 14.4 Å². The van der Waals surface area contributed by atoms with Crippen LogP contribution in [0.1, 0.15) is 11.5 Å². The Kier molecular flexibility index (Phi) is 4.20. The Hall–Kier alpha value is -2.00. The molecule has 0 saturated carbocycles. The number of nitriles is 1. The highest BCUT2D eigenvalue weighted by atomic mass is 32.2. The number of rotatable bonds is 5. The lowest BCUT2D eigenvalue weighted by atomic mass is 10.2. The molecule has 0 fully saturated rings. The molecule has 92 valence electrons. The zero-order valence-electron chi connectivity index (χ0n) is 9.79. The van der Waals surface area contributed by atoms with E-state index < -0.39 is 0 Å². The predicted molar refractivity (Wildman–Crippen MR) is 66.1 cm³/mol. The third kappa shape index (κ3) is 3.50. The largest absolute Gasteiger partial charge is 0.484 e. The van der Waals surface area contributed by atoms with E-state index in [9.17, 15) is 0 Å². The van der Waals surface area contributed by atoms with Crippen molar-refractivity contribution in [2.75, 3.05) is 5.75 Å². The molecule has 2 aromatic rings. The third-order valence-electron chi connectivity index (χ3n) is 2.09. The first-order valence-corrected chi connectivity index (χ1v) is 6.28. The summed E-state index contributed by atoms with van der Waals surface area (Å²) in [6, 6.07) is 9.70. The maximum atomic E-state index is 8.42. The summed E-state index contributed by atoms with van der Waals surface area (Å²) in [4.78, 5) is 0. The van der Waals surface area contributed by atoms with Crippen LogP contribution in [0.3, 0.4) is 0 Å². The van der Waals surface area contributed by atoms with Gasteiger partial charge in [-0.15, -0.1) is 10.2 Å². The van der Waals surface area contributed by atoms with Crippen LogP contribution in [0.2, 0.25) is 0 Å². The second-order valence-corrected chi connectivity index (χ2v) is 4.44. The lowest BCUT2D eigenvalue weighted by molar-refractivity contribution is 0.252. The van der Waals surface area contributed by atoms with E-state index in [1.807, 2.05) is 37.3 Å². The molecule has 1 aromatic heterocycles. The quantitative estimate of drug-likeness (QED) is 0.770. The van der Waals surface area contributed by atoms with Gasteiger partial charge in [-0.05, 0) is 19.1 Å². The Bertz CT molecular complexity index is 545. The molecule has 0 aliphatic heterocycles. The molecule has 0 N–H and O–H groups in total. The van der Waals surface area contributed by atoms with Gasteiger partial charge >= 0.3 is 0 Å². The fourth-order valence-corrected chi connectivity index (χ4v) is 1.67. The van der Waals surface area contributed by atoms with Crippen LogP contribution in [-0.2, 0) is 6.61 Å². The van der Waals surface area contributed by atoms with Crippen molar-refractivity contribution in [3.8, 4) is 11.8 Å². The molecule has 0 atom stereocenters. The van der Waals surface area contributed by atoms with Crippen molar-refractivity contribution in [3.05, 3.63) is 35.7 Å². The van der Waals surface area contributed by atoms with Gasteiger partial charge in [0.2, 0.25) is 0 Å². The fraction of sp³-hybridized carbons (Fsp3) is 0.250. The molecule has 5 nitrogen and oxygen atoms in total. The number of aromatic nitrogens is 2. The minimum absolute atomic E-state index is 0.225. The maximum absolute atomic E-state index is 8.42.